The zero-order valence-corrected chi connectivity index (χ0v) is 9.41. The van der Waals surface area contributed by atoms with Crippen molar-refractivity contribution in [3.8, 4) is 11.5 Å². The average Bonchev–Trinajstić information content (AvgIpc) is 2.67. The molecule has 84 valence electrons. The Balaban J connectivity index is 2.21. The third-order valence-electron chi connectivity index (χ3n) is 2.06. The third kappa shape index (κ3) is 2.33. The molecule has 16 heavy (non-hydrogen) atoms. The molecule has 1 aromatic carbocycles. The summed E-state index contributed by atoms with van der Waals surface area (Å²) in [5.74, 6) is 0.522. The van der Waals surface area contributed by atoms with Crippen molar-refractivity contribution in [2.24, 2.45) is 7.05 Å². The van der Waals surface area contributed by atoms with Crippen LogP contribution in [0.2, 0.25) is 0 Å². The summed E-state index contributed by atoms with van der Waals surface area (Å²) >= 11 is 5.59. The molecular weight excluding hydrogens is 231 g/mol. The van der Waals surface area contributed by atoms with E-state index >= 15 is 0 Å². The highest BCUT2D eigenvalue weighted by Gasteiger charge is 2.06. The molecule has 2 aromatic rings. The maximum atomic E-state index is 13.5. The molecule has 0 spiro atoms. The molecule has 0 N–H and O–H groups in total. The van der Waals surface area contributed by atoms with Gasteiger partial charge in [-0.25, -0.2) is 4.39 Å². The molecule has 0 saturated carbocycles. The lowest BCUT2D eigenvalue weighted by Crippen LogP contribution is -1.89. The first-order valence-corrected chi connectivity index (χ1v) is 5.23. The standard InChI is InChI=1S/C11H10ClFN2O/c1-15-7-9(6-14-15)16-11-3-2-8(5-12)4-10(11)13/h2-4,6-7H,5H2,1H3. The van der Waals surface area contributed by atoms with E-state index in [0.29, 0.717) is 5.75 Å². The highest BCUT2D eigenvalue weighted by Crippen LogP contribution is 2.24. The summed E-state index contributed by atoms with van der Waals surface area (Å²) < 4.78 is 20.4. The van der Waals surface area contributed by atoms with E-state index in [1.807, 2.05) is 0 Å². The Morgan fingerprint density at radius 2 is 2.31 bits per heavy atom. The number of nitrogens with zero attached hydrogens (tertiary/aromatic N) is 2. The molecular formula is C11H10ClFN2O. The normalized spacial score (nSPS) is 10.4. The van der Waals surface area contributed by atoms with Gasteiger partial charge in [0.2, 0.25) is 0 Å². The molecule has 1 heterocycles. The van der Waals surface area contributed by atoms with Crippen molar-refractivity contribution in [3.05, 3.63) is 42.0 Å². The second-order valence-electron chi connectivity index (χ2n) is 3.35. The molecule has 0 saturated heterocycles. The second kappa shape index (κ2) is 4.53. The van der Waals surface area contributed by atoms with Crippen LogP contribution in [-0.2, 0) is 12.9 Å². The maximum Gasteiger partial charge on any atom is 0.166 e. The van der Waals surface area contributed by atoms with Gasteiger partial charge in [-0.05, 0) is 17.7 Å². The van der Waals surface area contributed by atoms with E-state index < -0.39 is 5.82 Å². The minimum absolute atomic E-state index is 0.168. The van der Waals surface area contributed by atoms with Crippen LogP contribution in [0.25, 0.3) is 0 Å². The highest BCUT2D eigenvalue weighted by atomic mass is 35.5. The summed E-state index contributed by atoms with van der Waals surface area (Å²) in [6.45, 7) is 0. The van der Waals surface area contributed by atoms with E-state index in [2.05, 4.69) is 5.10 Å². The SMILES string of the molecule is Cn1cc(Oc2ccc(CCl)cc2F)cn1. The number of benzene rings is 1. The molecule has 0 aliphatic heterocycles. The number of ether oxygens (including phenoxy) is 1. The predicted molar refractivity (Wildman–Crippen MR) is 59.2 cm³/mol. The summed E-state index contributed by atoms with van der Waals surface area (Å²) in [4.78, 5) is 0. The van der Waals surface area contributed by atoms with Gasteiger partial charge in [0, 0.05) is 12.9 Å². The molecule has 0 unspecified atom stereocenters. The molecule has 0 atom stereocenters. The van der Waals surface area contributed by atoms with Gasteiger partial charge >= 0.3 is 0 Å². The smallest absolute Gasteiger partial charge is 0.166 e. The Morgan fingerprint density at radius 3 is 2.88 bits per heavy atom. The first-order valence-electron chi connectivity index (χ1n) is 4.70. The van der Waals surface area contributed by atoms with Gasteiger partial charge in [-0.3, -0.25) is 4.68 Å². The molecule has 0 amide bonds. The number of aromatic nitrogens is 2. The van der Waals surface area contributed by atoms with E-state index in [4.69, 9.17) is 16.3 Å². The largest absolute Gasteiger partial charge is 0.451 e. The van der Waals surface area contributed by atoms with Crippen LogP contribution in [0, 0.1) is 5.82 Å². The summed E-state index contributed by atoms with van der Waals surface area (Å²) in [5, 5.41) is 3.92. The Morgan fingerprint density at radius 1 is 1.50 bits per heavy atom. The van der Waals surface area contributed by atoms with Crippen molar-refractivity contribution in [1.29, 1.82) is 0 Å². The molecule has 2 rings (SSSR count). The lowest BCUT2D eigenvalue weighted by Gasteiger charge is -2.04. The van der Waals surface area contributed by atoms with Crippen LogP contribution in [0.1, 0.15) is 5.56 Å². The first kappa shape index (κ1) is 11.0. The predicted octanol–water partition coefficient (Wildman–Crippen LogP) is 3.09. The minimum atomic E-state index is -0.429. The first-order chi connectivity index (χ1) is 7.69. The second-order valence-corrected chi connectivity index (χ2v) is 3.62. The minimum Gasteiger partial charge on any atom is -0.451 e. The maximum absolute atomic E-state index is 13.5. The number of alkyl halides is 1. The zero-order valence-electron chi connectivity index (χ0n) is 8.65. The van der Waals surface area contributed by atoms with E-state index in [-0.39, 0.29) is 11.6 Å². The van der Waals surface area contributed by atoms with Gasteiger partial charge in [0.15, 0.2) is 17.3 Å². The van der Waals surface area contributed by atoms with Gasteiger partial charge < -0.3 is 4.74 Å². The van der Waals surface area contributed by atoms with Gasteiger partial charge in [-0.2, -0.15) is 5.10 Å². The Bertz CT molecular complexity index is 498. The molecule has 0 aliphatic rings. The van der Waals surface area contributed by atoms with Gasteiger partial charge in [0.25, 0.3) is 0 Å². The highest BCUT2D eigenvalue weighted by molar-refractivity contribution is 6.17. The lowest BCUT2D eigenvalue weighted by molar-refractivity contribution is 0.441. The topological polar surface area (TPSA) is 27.1 Å². The quantitative estimate of drug-likeness (QED) is 0.771. The van der Waals surface area contributed by atoms with Crippen LogP contribution < -0.4 is 4.74 Å². The third-order valence-corrected chi connectivity index (χ3v) is 2.37. The van der Waals surface area contributed by atoms with E-state index in [0.717, 1.165) is 5.56 Å². The fourth-order valence-corrected chi connectivity index (χ4v) is 1.45. The Labute approximate surface area is 97.4 Å². The monoisotopic (exact) mass is 240 g/mol. The van der Waals surface area contributed by atoms with Gasteiger partial charge in [-0.15, -0.1) is 11.6 Å². The number of halogens is 2. The number of hydrogen-bond acceptors (Lipinski definition) is 2. The van der Waals surface area contributed by atoms with Crippen LogP contribution in [0.4, 0.5) is 4.39 Å². The van der Waals surface area contributed by atoms with Crippen molar-refractivity contribution in [2.45, 2.75) is 5.88 Å². The molecule has 0 fully saturated rings. The van der Waals surface area contributed by atoms with Crippen LogP contribution in [-0.4, -0.2) is 9.78 Å². The molecule has 0 aliphatic carbocycles. The van der Waals surface area contributed by atoms with Gasteiger partial charge in [0.1, 0.15) is 0 Å². The van der Waals surface area contributed by atoms with E-state index in [9.17, 15) is 4.39 Å². The van der Waals surface area contributed by atoms with E-state index in [1.165, 1.54) is 12.3 Å². The zero-order chi connectivity index (χ0) is 11.5. The molecule has 3 nitrogen and oxygen atoms in total. The van der Waals surface area contributed by atoms with Crippen LogP contribution >= 0.6 is 11.6 Å². The number of hydrogen-bond donors (Lipinski definition) is 0. The van der Waals surface area contributed by atoms with Gasteiger partial charge in [-0.1, -0.05) is 6.07 Å². The van der Waals surface area contributed by atoms with Crippen molar-refractivity contribution in [3.63, 3.8) is 0 Å². The number of rotatable bonds is 3. The summed E-state index contributed by atoms with van der Waals surface area (Å²) in [6.07, 6.45) is 3.18. The van der Waals surface area contributed by atoms with Crippen LogP contribution in [0.5, 0.6) is 11.5 Å². The molecule has 0 radical (unpaired) electrons. The average molecular weight is 241 g/mol. The Kier molecular flexibility index (Phi) is 3.10. The van der Waals surface area contributed by atoms with Crippen molar-refractivity contribution in [1.82, 2.24) is 9.78 Å². The fraction of sp³-hybridized carbons (Fsp3) is 0.182. The molecule has 0 bridgehead atoms. The van der Waals surface area contributed by atoms with Crippen molar-refractivity contribution >= 4 is 11.6 Å². The fourth-order valence-electron chi connectivity index (χ4n) is 1.29. The lowest BCUT2D eigenvalue weighted by atomic mass is 10.2. The van der Waals surface area contributed by atoms with Crippen LogP contribution in [0.15, 0.2) is 30.6 Å². The van der Waals surface area contributed by atoms with Crippen molar-refractivity contribution in [2.75, 3.05) is 0 Å². The Hall–Kier alpha value is -1.55. The van der Waals surface area contributed by atoms with E-state index in [1.54, 1.807) is 30.1 Å². The summed E-state index contributed by atoms with van der Waals surface area (Å²) in [6, 6.07) is 4.64. The molecule has 5 heteroatoms. The number of aryl methyl sites for hydroxylation is 1. The summed E-state index contributed by atoms with van der Waals surface area (Å²) in [7, 11) is 1.76. The van der Waals surface area contributed by atoms with Crippen LogP contribution in [0.3, 0.4) is 0 Å². The summed E-state index contributed by atoms with van der Waals surface area (Å²) in [5.41, 5.74) is 0.720. The molecule has 1 aromatic heterocycles. The van der Waals surface area contributed by atoms with Crippen molar-refractivity contribution < 1.29 is 9.13 Å². The van der Waals surface area contributed by atoms with Gasteiger partial charge in [0.05, 0.1) is 12.4 Å².